The highest BCUT2D eigenvalue weighted by Crippen LogP contribution is 2.30. The summed E-state index contributed by atoms with van der Waals surface area (Å²) in [5, 5.41) is 11.8. The first-order valence-corrected chi connectivity index (χ1v) is 5.75. The predicted octanol–water partition coefficient (Wildman–Crippen LogP) is 0.530. The molecule has 0 unspecified atom stereocenters. The summed E-state index contributed by atoms with van der Waals surface area (Å²) in [6.45, 7) is -0.0865. The van der Waals surface area contributed by atoms with E-state index < -0.39 is 5.97 Å². The summed E-state index contributed by atoms with van der Waals surface area (Å²) in [5.41, 5.74) is 0.707. The van der Waals surface area contributed by atoms with Crippen LogP contribution >= 0.6 is 0 Å². The smallest absolute Gasteiger partial charge is 0.329 e. The van der Waals surface area contributed by atoms with Crippen molar-refractivity contribution in [3.63, 3.8) is 0 Å². The molecule has 8 heteroatoms. The van der Waals surface area contributed by atoms with Crippen LogP contribution in [-0.4, -0.2) is 47.5 Å². The van der Waals surface area contributed by atoms with E-state index in [1.165, 1.54) is 7.11 Å². The van der Waals surface area contributed by atoms with Crippen molar-refractivity contribution in [3.8, 4) is 22.9 Å². The summed E-state index contributed by atoms with van der Waals surface area (Å²) in [6, 6.07) is 5.26. The SMILES string of the molecule is COC(=O)Cn1nnc(-c2ccc(OC)c(OC)c2)n1. The van der Waals surface area contributed by atoms with Crippen LogP contribution in [0, 0.1) is 0 Å². The molecule has 106 valence electrons. The van der Waals surface area contributed by atoms with Gasteiger partial charge in [0.1, 0.15) is 0 Å². The molecule has 8 nitrogen and oxygen atoms in total. The van der Waals surface area contributed by atoms with Crippen LogP contribution in [-0.2, 0) is 16.1 Å². The number of carbonyl (C=O) groups is 1. The van der Waals surface area contributed by atoms with Crippen molar-refractivity contribution >= 4 is 5.97 Å². The van der Waals surface area contributed by atoms with Crippen molar-refractivity contribution in [2.45, 2.75) is 6.54 Å². The van der Waals surface area contributed by atoms with Gasteiger partial charge in [-0.15, -0.1) is 10.2 Å². The Kier molecular flexibility index (Phi) is 4.14. The molecule has 2 rings (SSSR count). The first kappa shape index (κ1) is 13.8. The Labute approximate surface area is 115 Å². The number of rotatable bonds is 5. The number of tetrazole rings is 1. The van der Waals surface area contributed by atoms with Gasteiger partial charge in [0.15, 0.2) is 18.0 Å². The van der Waals surface area contributed by atoms with Crippen LogP contribution in [0.2, 0.25) is 0 Å². The number of carbonyl (C=O) groups excluding carboxylic acids is 1. The van der Waals surface area contributed by atoms with Crippen molar-refractivity contribution in [2.75, 3.05) is 21.3 Å². The Morgan fingerprint density at radius 1 is 1.20 bits per heavy atom. The van der Waals surface area contributed by atoms with Crippen molar-refractivity contribution < 1.29 is 19.0 Å². The lowest BCUT2D eigenvalue weighted by Gasteiger charge is -2.07. The van der Waals surface area contributed by atoms with E-state index in [2.05, 4.69) is 20.1 Å². The second-order valence-corrected chi connectivity index (χ2v) is 3.79. The quantitative estimate of drug-likeness (QED) is 0.737. The average Bonchev–Trinajstić information content (AvgIpc) is 2.94. The highest BCUT2D eigenvalue weighted by molar-refractivity contribution is 5.68. The average molecular weight is 278 g/mol. The van der Waals surface area contributed by atoms with E-state index >= 15 is 0 Å². The number of esters is 1. The van der Waals surface area contributed by atoms with Gasteiger partial charge in [0, 0.05) is 5.56 Å². The summed E-state index contributed by atoms with van der Waals surface area (Å²) < 4.78 is 14.9. The zero-order valence-electron chi connectivity index (χ0n) is 11.4. The molecule has 0 bridgehead atoms. The molecule has 1 aromatic heterocycles. The van der Waals surface area contributed by atoms with Crippen molar-refractivity contribution in [2.24, 2.45) is 0 Å². The summed E-state index contributed by atoms with van der Waals surface area (Å²) in [7, 11) is 4.40. The maximum absolute atomic E-state index is 11.1. The number of aromatic nitrogens is 4. The van der Waals surface area contributed by atoms with Gasteiger partial charge in [-0.2, -0.15) is 4.80 Å². The van der Waals surface area contributed by atoms with Gasteiger partial charge < -0.3 is 14.2 Å². The van der Waals surface area contributed by atoms with Crippen LogP contribution in [0.4, 0.5) is 0 Å². The molecule has 0 saturated heterocycles. The molecule has 0 aliphatic heterocycles. The number of methoxy groups -OCH3 is 3. The second-order valence-electron chi connectivity index (χ2n) is 3.79. The normalized spacial score (nSPS) is 10.2. The van der Waals surface area contributed by atoms with E-state index in [0.29, 0.717) is 22.9 Å². The third kappa shape index (κ3) is 2.85. The second kappa shape index (κ2) is 6.00. The van der Waals surface area contributed by atoms with Gasteiger partial charge in [-0.3, -0.25) is 0 Å². The molecule has 1 aromatic carbocycles. The van der Waals surface area contributed by atoms with Crippen LogP contribution in [0.1, 0.15) is 0 Å². The third-order valence-corrected chi connectivity index (χ3v) is 2.59. The van der Waals surface area contributed by atoms with Crippen LogP contribution in [0.25, 0.3) is 11.4 Å². The highest BCUT2D eigenvalue weighted by atomic mass is 16.5. The maximum atomic E-state index is 11.1. The largest absolute Gasteiger partial charge is 0.493 e. The fraction of sp³-hybridized carbons (Fsp3) is 0.333. The molecule has 0 saturated carbocycles. The van der Waals surface area contributed by atoms with Crippen LogP contribution < -0.4 is 9.47 Å². The van der Waals surface area contributed by atoms with Gasteiger partial charge in [0.25, 0.3) is 0 Å². The fourth-order valence-corrected chi connectivity index (χ4v) is 1.58. The van der Waals surface area contributed by atoms with Crippen LogP contribution in [0.5, 0.6) is 11.5 Å². The molecule has 1 heterocycles. The Morgan fingerprint density at radius 3 is 2.60 bits per heavy atom. The minimum absolute atomic E-state index is 0.0865. The molecule has 0 amide bonds. The molecular formula is C12H14N4O4. The van der Waals surface area contributed by atoms with Gasteiger partial charge in [0.2, 0.25) is 5.82 Å². The van der Waals surface area contributed by atoms with Gasteiger partial charge in [-0.1, -0.05) is 0 Å². The van der Waals surface area contributed by atoms with Gasteiger partial charge in [0.05, 0.1) is 21.3 Å². The van der Waals surface area contributed by atoms with E-state index in [-0.39, 0.29) is 6.54 Å². The number of hydrogen-bond donors (Lipinski definition) is 0. The van der Waals surface area contributed by atoms with Gasteiger partial charge >= 0.3 is 5.97 Å². The predicted molar refractivity (Wildman–Crippen MR) is 68.4 cm³/mol. The molecule has 0 spiro atoms. The standard InChI is InChI=1S/C12H14N4O4/c1-18-9-5-4-8(6-10(9)19-2)12-13-15-16(14-12)7-11(17)20-3/h4-6H,7H2,1-3H3. The lowest BCUT2D eigenvalue weighted by molar-refractivity contribution is -0.141. The summed E-state index contributed by atoms with van der Waals surface area (Å²) in [5.74, 6) is 1.11. The Morgan fingerprint density at radius 2 is 1.95 bits per heavy atom. The molecule has 0 radical (unpaired) electrons. The number of nitrogens with zero attached hydrogens (tertiary/aromatic N) is 4. The molecular weight excluding hydrogens is 264 g/mol. The maximum Gasteiger partial charge on any atom is 0.329 e. The van der Waals surface area contributed by atoms with Crippen molar-refractivity contribution in [3.05, 3.63) is 18.2 Å². The molecule has 0 aliphatic rings. The lowest BCUT2D eigenvalue weighted by Crippen LogP contribution is -2.14. The molecule has 0 atom stereocenters. The summed E-state index contributed by atoms with van der Waals surface area (Å²) in [4.78, 5) is 12.3. The van der Waals surface area contributed by atoms with E-state index in [9.17, 15) is 4.79 Å². The lowest BCUT2D eigenvalue weighted by atomic mass is 10.2. The molecule has 20 heavy (non-hydrogen) atoms. The minimum atomic E-state index is -0.443. The molecule has 0 aliphatic carbocycles. The fourth-order valence-electron chi connectivity index (χ4n) is 1.58. The van der Waals surface area contributed by atoms with Gasteiger partial charge in [-0.25, -0.2) is 4.79 Å². The molecule has 2 aromatic rings. The molecule has 0 fully saturated rings. The van der Waals surface area contributed by atoms with Crippen molar-refractivity contribution in [1.29, 1.82) is 0 Å². The van der Waals surface area contributed by atoms with E-state index in [0.717, 1.165) is 4.80 Å². The first-order chi connectivity index (χ1) is 9.67. The molecule has 0 N–H and O–H groups in total. The Balaban J connectivity index is 2.25. The first-order valence-electron chi connectivity index (χ1n) is 5.75. The van der Waals surface area contributed by atoms with E-state index in [1.54, 1.807) is 32.4 Å². The monoisotopic (exact) mass is 278 g/mol. The Bertz CT molecular complexity index is 611. The van der Waals surface area contributed by atoms with Crippen LogP contribution in [0.3, 0.4) is 0 Å². The number of benzene rings is 1. The third-order valence-electron chi connectivity index (χ3n) is 2.59. The highest BCUT2D eigenvalue weighted by Gasteiger charge is 2.12. The summed E-state index contributed by atoms with van der Waals surface area (Å²) in [6.07, 6.45) is 0. The number of hydrogen-bond acceptors (Lipinski definition) is 7. The van der Waals surface area contributed by atoms with Crippen LogP contribution in [0.15, 0.2) is 18.2 Å². The van der Waals surface area contributed by atoms with E-state index in [1.807, 2.05) is 0 Å². The van der Waals surface area contributed by atoms with E-state index in [4.69, 9.17) is 9.47 Å². The van der Waals surface area contributed by atoms with Crippen molar-refractivity contribution in [1.82, 2.24) is 20.2 Å². The minimum Gasteiger partial charge on any atom is -0.493 e. The summed E-state index contributed by atoms with van der Waals surface area (Å²) >= 11 is 0. The number of ether oxygens (including phenoxy) is 3. The zero-order chi connectivity index (χ0) is 14.5. The zero-order valence-corrected chi connectivity index (χ0v) is 11.4. The Hall–Kier alpha value is -2.64. The topological polar surface area (TPSA) is 88.4 Å². The van der Waals surface area contributed by atoms with Gasteiger partial charge in [-0.05, 0) is 23.4 Å².